The van der Waals surface area contributed by atoms with Crippen LogP contribution >= 0.6 is 0 Å². The normalized spacial score (nSPS) is 27.3. The summed E-state index contributed by atoms with van der Waals surface area (Å²) >= 11 is 0. The van der Waals surface area contributed by atoms with E-state index >= 15 is 0 Å². The number of pyridine rings is 1. The first-order valence-corrected chi connectivity index (χ1v) is 9.56. The highest BCUT2D eigenvalue weighted by Gasteiger charge is 2.36. The maximum Gasteiger partial charge on any atom is 0.258 e. The summed E-state index contributed by atoms with van der Waals surface area (Å²) in [6.07, 6.45) is 4.52. The third-order valence-corrected chi connectivity index (χ3v) is 6.12. The molecule has 2 bridgehead atoms. The molecule has 1 aromatic carbocycles. The Kier molecular flexibility index (Phi) is 3.35. The average Bonchev–Trinajstić information content (AvgIpc) is 2.97. The predicted molar refractivity (Wildman–Crippen MR) is 102 cm³/mol. The van der Waals surface area contributed by atoms with E-state index in [0.29, 0.717) is 17.9 Å². The Morgan fingerprint density at radius 1 is 1.24 bits per heavy atom. The highest BCUT2D eigenvalue weighted by Crippen LogP contribution is 2.40. The van der Waals surface area contributed by atoms with Gasteiger partial charge in [-0.1, -0.05) is 19.9 Å². The Morgan fingerprint density at radius 3 is 2.72 bits per heavy atom. The van der Waals surface area contributed by atoms with Crippen LogP contribution in [0.15, 0.2) is 29.2 Å². The molecule has 3 saturated heterocycles. The van der Waals surface area contributed by atoms with Gasteiger partial charge in [-0.2, -0.15) is 0 Å². The first-order chi connectivity index (χ1) is 12.1. The van der Waals surface area contributed by atoms with Crippen molar-refractivity contribution in [2.45, 2.75) is 32.7 Å². The smallest absolute Gasteiger partial charge is 0.258 e. The number of nitrogens with zero attached hydrogens (tertiary/aromatic N) is 3. The van der Waals surface area contributed by atoms with Crippen molar-refractivity contribution in [1.29, 1.82) is 0 Å². The highest BCUT2D eigenvalue weighted by atomic mass is 16.1. The molecule has 1 N–H and O–H groups in total. The minimum Gasteiger partial charge on any atom is -0.308 e. The molecule has 5 nitrogen and oxygen atoms in total. The van der Waals surface area contributed by atoms with E-state index in [1.807, 2.05) is 16.7 Å². The molecule has 0 unspecified atom stereocenters. The lowest BCUT2D eigenvalue weighted by atomic mass is 9.83. The first kappa shape index (κ1) is 15.3. The average molecular weight is 338 g/mol. The van der Waals surface area contributed by atoms with E-state index in [0.717, 1.165) is 35.2 Å². The van der Waals surface area contributed by atoms with Crippen LogP contribution in [0.3, 0.4) is 0 Å². The molecule has 5 heteroatoms. The van der Waals surface area contributed by atoms with Gasteiger partial charge in [0.15, 0.2) is 0 Å². The third-order valence-electron chi connectivity index (χ3n) is 6.12. The predicted octanol–water partition coefficient (Wildman–Crippen LogP) is 3.07. The summed E-state index contributed by atoms with van der Waals surface area (Å²) in [5, 5.41) is 4.14. The minimum absolute atomic E-state index is 0.174. The molecule has 0 aliphatic carbocycles. The summed E-state index contributed by atoms with van der Waals surface area (Å²) in [5.74, 6) is 1.20. The highest BCUT2D eigenvalue weighted by molar-refractivity contribution is 6.06. The van der Waals surface area contributed by atoms with Crippen LogP contribution in [0.2, 0.25) is 0 Å². The van der Waals surface area contributed by atoms with Gasteiger partial charge in [-0.3, -0.25) is 15.2 Å². The molecule has 1 atom stereocenters. The molecule has 132 valence electrons. The Hall–Kier alpha value is -2.01. The van der Waals surface area contributed by atoms with Crippen molar-refractivity contribution in [3.8, 4) is 0 Å². The van der Waals surface area contributed by atoms with Crippen molar-refractivity contribution in [3.63, 3.8) is 0 Å². The summed E-state index contributed by atoms with van der Waals surface area (Å²) in [6.45, 7) is 8.78. The van der Waals surface area contributed by atoms with Gasteiger partial charge in [-0.25, -0.2) is 0 Å². The van der Waals surface area contributed by atoms with Crippen LogP contribution in [-0.2, 0) is 0 Å². The second kappa shape index (κ2) is 5.49. The molecule has 1 aromatic heterocycles. The number of benzene rings is 1. The third kappa shape index (κ3) is 2.29. The monoisotopic (exact) mass is 338 g/mol. The zero-order valence-corrected chi connectivity index (χ0v) is 15.0. The molecular formula is C20H26N4O. The molecule has 0 spiro atoms. The fourth-order valence-electron chi connectivity index (χ4n) is 4.92. The molecule has 5 heterocycles. The molecule has 3 fully saturated rings. The molecule has 6 rings (SSSR count). The fraction of sp³-hybridized carbons (Fsp3) is 0.550. The van der Waals surface area contributed by atoms with E-state index in [2.05, 4.69) is 41.4 Å². The van der Waals surface area contributed by atoms with Crippen LogP contribution in [0.5, 0.6) is 0 Å². The van der Waals surface area contributed by atoms with Gasteiger partial charge in [0.25, 0.3) is 5.56 Å². The zero-order chi connectivity index (χ0) is 17.1. The van der Waals surface area contributed by atoms with Gasteiger partial charge >= 0.3 is 0 Å². The summed E-state index contributed by atoms with van der Waals surface area (Å²) in [7, 11) is 0. The molecule has 2 aromatic rings. The van der Waals surface area contributed by atoms with Crippen molar-refractivity contribution >= 4 is 22.1 Å². The standard InChI is InChI=1S/C20H26N4O/c1-13(2)10-24-17-5-3-4-15-19(17)16(21-24)11-23(20(15)25)18-12-22-8-6-14(18)7-9-22/h3-5,11,13-14,18,21H,6-10,12H2,1-2H3/t18-/m1/s1. The number of aromatic nitrogens is 1. The van der Waals surface area contributed by atoms with E-state index in [4.69, 9.17) is 0 Å². The van der Waals surface area contributed by atoms with E-state index in [1.165, 1.54) is 25.9 Å². The van der Waals surface area contributed by atoms with E-state index < -0.39 is 0 Å². The van der Waals surface area contributed by atoms with Crippen LogP contribution in [0.25, 0.3) is 10.8 Å². The molecule has 4 aliphatic rings. The van der Waals surface area contributed by atoms with Crippen molar-refractivity contribution in [2.75, 3.05) is 36.6 Å². The number of fused-ring (bicyclic) bond motifs is 3. The Balaban J connectivity index is 1.63. The van der Waals surface area contributed by atoms with Gasteiger partial charge in [-0.15, -0.1) is 0 Å². The largest absolute Gasteiger partial charge is 0.308 e. The molecular weight excluding hydrogens is 312 g/mol. The summed E-state index contributed by atoms with van der Waals surface area (Å²) in [6, 6.07) is 6.44. The lowest BCUT2D eigenvalue weighted by molar-refractivity contribution is 0.0557. The van der Waals surface area contributed by atoms with Crippen LogP contribution in [0.1, 0.15) is 32.7 Å². The van der Waals surface area contributed by atoms with Gasteiger partial charge in [0.2, 0.25) is 0 Å². The van der Waals surface area contributed by atoms with Gasteiger partial charge in [0.1, 0.15) is 0 Å². The van der Waals surface area contributed by atoms with E-state index in [1.54, 1.807) is 0 Å². The van der Waals surface area contributed by atoms with Crippen LogP contribution in [0.4, 0.5) is 11.4 Å². The minimum atomic E-state index is 0.174. The molecule has 0 amide bonds. The number of anilines is 2. The molecule has 0 radical (unpaired) electrons. The van der Waals surface area contributed by atoms with Crippen molar-refractivity contribution < 1.29 is 0 Å². The van der Waals surface area contributed by atoms with E-state index in [9.17, 15) is 4.79 Å². The second-order valence-corrected chi connectivity index (χ2v) is 8.28. The van der Waals surface area contributed by atoms with Crippen molar-refractivity contribution in [3.05, 3.63) is 34.7 Å². The Bertz CT molecular complexity index is 879. The summed E-state index contributed by atoms with van der Waals surface area (Å²) < 4.78 is 2.03. The first-order valence-electron chi connectivity index (χ1n) is 9.56. The number of piperidine rings is 3. The lowest BCUT2D eigenvalue weighted by Gasteiger charge is -2.45. The van der Waals surface area contributed by atoms with Gasteiger partial charge < -0.3 is 9.47 Å². The second-order valence-electron chi connectivity index (χ2n) is 8.28. The number of hydrazine groups is 1. The Morgan fingerprint density at radius 2 is 2.04 bits per heavy atom. The van der Waals surface area contributed by atoms with Gasteiger partial charge in [0.05, 0.1) is 22.8 Å². The Labute approximate surface area is 148 Å². The number of hydrogen-bond acceptors (Lipinski definition) is 4. The number of rotatable bonds is 3. The summed E-state index contributed by atoms with van der Waals surface area (Å²) in [5.41, 5.74) is 5.95. The topological polar surface area (TPSA) is 40.5 Å². The zero-order valence-electron chi connectivity index (χ0n) is 15.0. The maximum atomic E-state index is 13.3. The van der Waals surface area contributed by atoms with E-state index in [-0.39, 0.29) is 5.56 Å². The maximum absolute atomic E-state index is 13.3. The molecule has 4 aliphatic heterocycles. The van der Waals surface area contributed by atoms with Crippen LogP contribution in [-0.4, -0.2) is 35.6 Å². The SMILES string of the molecule is CC(C)CN1Nc2cn([C@@H]3CN4CCC3CC4)c(=O)c3cccc1c23. The van der Waals surface area contributed by atoms with Crippen molar-refractivity contribution in [2.24, 2.45) is 11.8 Å². The van der Waals surface area contributed by atoms with Crippen LogP contribution in [0, 0.1) is 11.8 Å². The van der Waals surface area contributed by atoms with Gasteiger partial charge in [-0.05, 0) is 49.9 Å². The fourth-order valence-corrected chi connectivity index (χ4v) is 4.92. The quantitative estimate of drug-likeness (QED) is 0.934. The molecule has 25 heavy (non-hydrogen) atoms. The lowest BCUT2D eigenvalue weighted by Crippen LogP contribution is -2.49. The number of nitrogens with one attached hydrogen (secondary N) is 1. The van der Waals surface area contributed by atoms with Gasteiger partial charge in [0, 0.05) is 24.7 Å². The number of hydrogen-bond donors (Lipinski definition) is 1. The summed E-state index contributed by atoms with van der Waals surface area (Å²) in [4.78, 5) is 15.8. The van der Waals surface area contributed by atoms with Crippen molar-refractivity contribution in [1.82, 2.24) is 9.47 Å². The van der Waals surface area contributed by atoms with Crippen LogP contribution < -0.4 is 16.0 Å². The molecule has 0 saturated carbocycles.